The predicted octanol–water partition coefficient (Wildman–Crippen LogP) is 7.28. The van der Waals surface area contributed by atoms with Crippen LogP contribution in [0.25, 0.3) is 22.0 Å². The molecule has 0 bridgehead atoms. The first-order chi connectivity index (χ1) is 22.9. The first-order valence-electron chi connectivity index (χ1n) is 15.4. The maximum absolute atomic E-state index is 16.7. The summed E-state index contributed by atoms with van der Waals surface area (Å²) in [6, 6.07) is 13.3. The predicted molar refractivity (Wildman–Crippen MR) is 179 cm³/mol. The van der Waals surface area contributed by atoms with Gasteiger partial charge in [0.05, 0.1) is 31.9 Å². The van der Waals surface area contributed by atoms with Crippen LogP contribution in [0, 0.1) is 11.6 Å². The molecule has 0 spiro atoms. The van der Waals surface area contributed by atoms with Gasteiger partial charge >= 0.3 is 0 Å². The summed E-state index contributed by atoms with van der Waals surface area (Å²) in [5, 5.41) is 0.525. The standard InChI is InChI=1S/C35H35ClF2N6O3/c1-45-23-12-11-22(28(19-23)47-3)21-44(35-39-14-8-15-40-35)18-13-29-41-33-24(34(42-29)43-16-5-4-6-17-43)20-25(36)30(32(33)38)31-26(37)9-7-10-27(31)46-2/h7-12,14-15,19-20H,4-6,13,16-18,21H2,1-3H3. The molecule has 1 aliphatic heterocycles. The molecule has 0 saturated carbocycles. The topological polar surface area (TPSA) is 85.7 Å². The Kier molecular flexibility index (Phi) is 9.81. The largest absolute Gasteiger partial charge is 0.497 e. The first kappa shape index (κ1) is 32.2. The van der Waals surface area contributed by atoms with Gasteiger partial charge in [0.1, 0.15) is 40.2 Å². The summed E-state index contributed by atoms with van der Waals surface area (Å²) in [5.74, 6) is 1.67. The van der Waals surface area contributed by atoms with Crippen LogP contribution in [0.4, 0.5) is 20.5 Å². The summed E-state index contributed by atoms with van der Waals surface area (Å²) < 4.78 is 48.3. The van der Waals surface area contributed by atoms with E-state index in [9.17, 15) is 0 Å². The van der Waals surface area contributed by atoms with Crippen LogP contribution in [0.1, 0.15) is 30.7 Å². The van der Waals surface area contributed by atoms with Gasteiger partial charge in [-0.1, -0.05) is 17.7 Å². The highest BCUT2D eigenvalue weighted by Gasteiger charge is 2.26. The number of halogens is 3. The number of fused-ring (bicyclic) bond motifs is 1. The fourth-order valence-electron chi connectivity index (χ4n) is 5.96. The molecule has 6 rings (SSSR count). The van der Waals surface area contributed by atoms with Gasteiger partial charge in [-0.25, -0.2) is 28.7 Å². The Bertz CT molecular complexity index is 1870. The van der Waals surface area contributed by atoms with E-state index in [0.29, 0.717) is 54.0 Å². The number of rotatable bonds is 11. The van der Waals surface area contributed by atoms with Crippen LogP contribution in [-0.4, -0.2) is 60.9 Å². The van der Waals surface area contributed by atoms with Crippen molar-refractivity contribution >= 4 is 34.3 Å². The lowest BCUT2D eigenvalue weighted by molar-refractivity contribution is 0.390. The molecule has 12 heteroatoms. The molecular weight excluding hydrogens is 626 g/mol. The van der Waals surface area contributed by atoms with Crippen molar-refractivity contribution in [2.45, 2.75) is 32.2 Å². The van der Waals surface area contributed by atoms with Crippen LogP contribution >= 0.6 is 11.6 Å². The molecular formula is C35H35ClF2N6O3. The van der Waals surface area contributed by atoms with Crippen molar-refractivity contribution in [3.05, 3.63) is 89.0 Å². The molecule has 0 radical (unpaired) electrons. The van der Waals surface area contributed by atoms with E-state index in [1.807, 2.05) is 23.1 Å². The molecule has 0 aliphatic carbocycles. The van der Waals surface area contributed by atoms with E-state index in [-0.39, 0.29) is 27.4 Å². The maximum atomic E-state index is 16.7. The minimum absolute atomic E-state index is 0.0499. The van der Waals surface area contributed by atoms with Gasteiger partial charge in [0.25, 0.3) is 0 Å². The zero-order valence-corrected chi connectivity index (χ0v) is 27.2. The SMILES string of the molecule is COc1ccc(CN(CCc2nc(N3CCCCC3)c3cc(Cl)c(-c4c(F)cccc4OC)c(F)c3n2)c2ncccn2)c(OC)c1. The highest BCUT2D eigenvalue weighted by Crippen LogP contribution is 2.43. The fraction of sp³-hybridized carbons (Fsp3) is 0.314. The normalized spacial score (nSPS) is 13.1. The third-order valence-electron chi connectivity index (χ3n) is 8.31. The third kappa shape index (κ3) is 6.71. The highest BCUT2D eigenvalue weighted by atomic mass is 35.5. The van der Waals surface area contributed by atoms with Gasteiger partial charge < -0.3 is 24.0 Å². The Morgan fingerprint density at radius 3 is 2.34 bits per heavy atom. The van der Waals surface area contributed by atoms with Crippen LogP contribution in [0.15, 0.2) is 60.9 Å². The second-order valence-corrected chi connectivity index (χ2v) is 11.6. The van der Waals surface area contributed by atoms with Gasteiger partial charge in [0, 0.05) is 67.6 Å². The molecule has 0 N–H and O–H groups in total. The number of ether oxygens (including phenoxy) is 3. The molecule has 9 nitrogen and oxygen atoms in total. The van der Waals surface area contributed by atoms with E-state index >= 15 is 8.78 Å². The Labute approximate surface area is 277 Å². The lowest BCUT2D eigenvalue weighted by Crippen LogP contribution is -2.31. The Morgan fingerprint density at radius 1 is 0.851 bits per heavy atom. The minimum atomic E-state index is -0.732. The van der Waals surface area contributed by atoms with E-state index in [0.717, 1.165) is 37.9 Å². The summed E-state index contributed by atoms with van der Waals surface area (Å²) >= 11 is 6.71. The van der Waals surface area contributed by atoms with Crippen molar-refractivity contribution in [1.29, 1.82) is 0 Å². The van der Waals surface area contributed by atoms with Crippen molar-refractivity contribution in [2.75, 3.05) is 50.8 Å². The second-order valence-electron chi connectivity index (χ2n) is 11.2. The van der Waals surface area contributed by atoms with E-state index in [4.69, 9.17) is 35.8 Å². The number of aromatic nitrogens is 4. The van der Waals surface area contributed by atoms with Gasteiger partial charge in [-0.3, -0.25) is 0 Å². The van der Waals surface area contributed by atoms with Crippen molar-refractivity contribution in [2.24, 2.45) is 0 Å². The molecule has 0 amide bonds. The van der Waals surface area contributed by atoms with Gasteiger partial charge in [-0.2, -0.15) is 0 Å². The molecule has 0 atom stereocenters. The Hall–Kier alpha value is -4.77. The number of methoxy groups -OCH3 is 3. The lowest BCUT2D eigenvalue weighted by atomic mass is 10.0. The number of anilines is 2. The summed E-state index contributed by atoms with van der Waals surface area (Å²) in [6.45, 7) is 2.38. The Morgan fingerprint density at radius 2 is 1.62 bits per heavy atom. The number of hydrogen-bond donors (Lipinski definition) is 0. The van der Waals surface area contributed by atoms with Crippen molar-refractivity contribution in [3.63, 3.8) is 0 Å². The molecule has 244 valence electrons. The third-order valence-corrected chi connectivity index (χ3v) is 8.60. The lowest BCUT2D eigenvalue weighted by Gasteiger charge is -2.29. The second kappa shape index (κ2) is 14.3. The van der Waals surface area contributed by atoms with Crippen molar-refractivity contribution in [1.82, 2.24) is 19.9 Å². The van der Waals surface area contributed by atoms with Crippen molar-refractivity contribution in [3.8, 4) is 28.4 Å². The summed E-state index contributed by atoms with van der Waals surface area (Å²) in [7, 11) is 4.62. The van der Waals surface area contributed by atoms with Crippen LogP contribution < -0.4 is 24.0 Å². The monoisotopic (exact) mass is 660 g/mol. The molecule has 0 unspecified atom stereocenters. The van der Waals surface area contributed by atoms with Crippen LogP contribution in [-0.2, 0) is 13.0 Å². The summed E-state index contributed by atoms with van der Waals surface area (Å²) in [4.78, 5) is 22.8. The average Bonchev–Trinajstić information content (AvgIpc) is 3.11. The van der Waals surface area contributed by atoms with Crippen LogP contribution in [0.2, 0.25) is 5.02 Å². The summed E-state index contributed by atoms with van der Waals surface area (Å²) in [5.41, 5.74) is 0.812. The Balaban J connectivity index is 1.43. The molecule has 1 fully saturated rings. The van der Waals surface area contributed by atoms with E-state index in [1.54, 1.807) is 44.8 Å². The smallest absolute Gasteiger partial charge is 0.225 e. The van der Waals surface area contributed by atoms with Gasteiger partial charge in [-0.15, -0.1) is 0 Å². The average molecular weight is 661 g/mol. The van der Waals surface area contributed by atoms with Crippen LogP contribution in [0.5, 0.6) is 17.2 Å². The number of piperidine rings is 1. The minimum Gasteiger partial charge on any atom is -0.497 e. The fourth-order valence-corrected chi connectivity index (χ4v) is 6.24. The maximum Gasteiger partial charge on any atom is 0.225 e. The quantitative estimate of drug-likeness (QED) is 0.145. The first-order valence-corrected chi connectivity index (χ1v) is 15.8. The zero-order chi connectivity index (χ0) is 32.9. The zero-order valence-electron chi connectivity index (χ0n) is 26.5. The molecule has 3 heterocycles. The molecule has 1 saturated heterocycles. The molecule has 1 aliphatic rings. The molecule has 2 aromatic heterocycles. The molecule has 47 heavy (non-hydrogen) atoms. The van der Waals surface area contributed by atoms with E-state index < -0.39 is 11.6 Å². The van der Waals surface area contributed by atoms with E-state index in [2.05, 4.69) is 14.9 Å². The molecule has 5 aromatic rings. The summed E-state index contributed by atoms with van der Waals surface area (Å²) in [6.07, 6.45) is 6.79. The molecule has 3 aromatic carbocycles. The van der Waals surface area contributed by atoms with E-state index in [1.165, 1.54) is 19.2 Å². The highest BCUT2D eigenvalue weighted by molar-refractivity contribution is 6.34. The van der Waals surface area contributed by atoms with Gasteiger partial charge in [0.15, 0.2) is 5.82 Å². The number of hydrogen-bond acceptors (Lipinski definition) is 9. The van der Waals surface area contributed by atoms with Gasteiger partial charge in [-0.05, 0) is 55.7 Å². The number of nitrogens with zero attached hydrogens (tertiary/aromatic N) is 6. The number of benzene rings is 3. The van der Waals surface area contributed by atoms with Gasteiger partial charge in [0.2, 0.25) is 5.95 Å². The van der Waals surface area contributed by atoms with Crippen LogP contribution in [0.3, 0.4) is 0 Å². The van der Waals surface area contributed by atoms with Crippen molar-refractivity contribution < 1.29 is 23.0 Å².